The van der Waals surface area contributed by atoms with Gasteiger partial charge in [-0.15, -0.1) is 11.6 Å². The highest BCUT2D eigenvalue weighted by Gasteiger charge is 2.03. The van der Waals surface area contributed by atoms with Gasteiger partial charge in [-0.1, -0.05) is 0 Å². The van der Waals surface area contributed by atoms with E-state index in [1.807, 2.05) is 0 Å². The molecule has 1 heterocycles. The molecule has 0 amide bonds. The highest BCUT2D eigenvalue weighted by molar-refractivity contribution is 6.18. The molecule has 0 spiro atoms. The summed E-state index contributed by atoms with van der Waals surface area (Å²) in [6, 6.07) is 0. The molecule has 1 atom stereocenters. The number of ether oxygens (including phenoxy) is 1. The van der Waals surface area contributed by atoms with Gasteiger partial charge in [0, 0.05) is 7.05 Å². The number of nitrogens with zero attached hydrogens (tertiary/aromatic N) is 2. The Kier molecular flexibility index (Phi) is 3.37. The van der Waals surface area contributed by atoms with Crippen molar-refractivity contribution in [2.24, 2.45) is 7.05 Å². The minimum Gasteiger partial charge on any atom is -0.488 e. The standard InChI is InChI=1S/C7H11ClN2O2/c1-10-4-7(3-9-10)12-5-6(11)2-8/h3-4,6,11H,2,5H2,1H3. The van der Waals surface area contributed by atoms with E-state index >= 15 is 0 Å². The number of aliphatic hydroxyl groups excluding tert-OH is 1. The predicted molar refractivity (Wildman–Crippen MR) is 45.4 cm³/mol. The number of aliphatic hydroxyl groups is 1. The average molecular weight is 191 g/mol. The Bertz CT molecular complexity index is 239. The maximum atomic E-state index is 9.04. The number of aryl methyl sites for hydroxylation is 1. The highest BCUT2D eigenvalue weighted by Crippen LogP contribution is 2.07. The molecule has 0 saturated heterocycles. The Morgan fingerprint density at radius 3 is 3.08 bits per heavy atom. The lowest BCUT2D eigenvalue weighted by atomic mass is 10.4. The van der Waals surface area contributed by atoms with Crippen LogP contribution in [0.3, 0.4) is 0 Å². The van der Waals surface area contributed by atoms with Crippen molar-refractivity contribution in [3.05, 3.63) is 12.4 Å². The van der Waals surface area contributed by atoms with E-state index < -0.39 is 6.10 Å². The lowest BCUT2D eigenvalue weighted by Gasteiger charge is -2.06. The maximum Gasteiger partial charge on any atom is 0.157 e. The van der Waals surface area contributed by atoms with Crippen molar-refractivity contribution in [2.45, 2.75) is 6.10 Å². The molecule has 0 radical (unpaired) electrons. The molecule has 4 nitrogen and oxygen atoms in total. The first-order valence-electron chi connectivity index (χ1n) is 3.58. The van der Waals surface area contributed by atoms with Crippen LogP contribution in [-0.2, 0) is 7.05 Å². The second kappa shape index (κ2) is 4.33. The van der Waals surface area contributed by atoms with Gasteiger partial charge in [-0.25, -0.2) is 0 Å². The summed E-state index contributed by atoms with van der Waals surface area (Å²) in [5, 5.41) is 12.9. The number of halogens is 1. The highest BCUT2D eigenvalue weighted by atomic mass is 35.5. The lowest BCUT2D eigenvalue weighted by molar-refractivity contribution is 0.125. The molecule has 1 aromatic heterocycles. The zero-order valence-electron chi connectivity index (χ0n) is 6.77. The maximum absolute atomic E-state index is 9.04. The van der Waals surface area contributed by atoms with E-state index in [2.05, 4.69) is 5.10 Å². The second-order valence-corrected chi connectivity index (χ2v) is 2.78. The van der Waals surface area contributed by atoms with Crippen LogP contribution in [0.1, 0.15) is 0 Å². The molecule has 1 unspecified atom stereocenters. The third-order valence-corrected chi connectivity index (χ3v) is 1.66. The molecule has 12 heavy (non-hydrogen) atoms. The molecule has 0 aliphatic carbocycles. The largest absolute Gasteiger partial charge is 0.488 e. The minimum absolute atomic E-state index is 0.181. The van der Waals surface area contributed by atoms with Crippen LogP contribution in [0.4, 0.5) is 0 Å². The first kappa shape index (κ1) is 9.35. The molecule has 5 heteroatoms. The van der Waals surface area contributed by atoms with Crippen molar-refractivity contribution in [3.8, 4) is 5.75 Å². The molecule has 0 fully saturated rings. The number of aromatic nitrogens is 2. The van der Waals surface area contributed by atoms with Crippen LogP contribution in [0.5, 0.6) is 5.75 Å². The summed E-state index contributed by atoms with van der Waals surface area (Å²) in [5.41, 5.74) is 0. The Morgan fingerprint density at radius 1 is 1.83 bits per heavy atom. The van der Waals surface area contributed by atoms with Gasteiger partial charge in [0.25, 0.3) is 0 Å². The molecule has 0 aromatic carbocycles. The molecule has 1 aromatic rings. The summed E-state index contributed by atoms with van der Waals surface area (Å²) in [6.45, 7) is 0.204. The minimum atomic E-state index is -0.619. The molecular formula is C7H11ClN2O2. The van der Waals surface area contributed by atoms with Crippen molar-refractivity contribution >= 4 is 11.6 Å². The fraction of sp³-hybridized carbons (Fsp3) is 0.571. The van der Waals surface area contributed by atoms with Crippen LogP contribution in [0.25, 0.3) is 0 Å². The second-order valence-electron chi connectivity index (χ2n) is 2.47. The van der Waals surface area contributed by atoms with E-state index in [-0.39, 0.29) is 12.5 Å². The fourth-order valence-electron chi connectivity index (χ4n) is 0.710. The van der Waals surface area contributed by atoms with E-state index in [0.717, 1.165) is 0 Å². The van der Waals surface area contributed by atoms with Gasteiger partial charge in [0.2, 0.25) is 0 Å². The van der Waals surface area contributed by atoms with Crippen LogP contribution >= 0.6 is 11.6 Å². The Hall–Kier alpha value is -0.740. The van der Waals surface area contributed by atoms with E-state index in [1.165, 1.54) is 0 Å². The van der Waals surface area contributed by atoms with Crippen molar-refractivity contribution in [1.29, 1.82) is 0 Å². The number of hydrogen-bond donors (Lipinski definition) is 1. The normalized spacial score (nSPS) is 12.9. The molecule has 0 aliphatic rings. The Morgan fingerprint density at radius 2 is 2.58 bits per heavy atom. The van der Waals surface area contributed by atoms with Gasteiger partial charge in [-0.3, -0.25) is 4.68 Å². The van der Waals surface area contributed by atoms with E-state index in [4.69, 9.17) is 21.4 Å². The van der Waals surface area contributed by atoms with Gasteiger partial charge in [0.05, 0.1) is 18.3 Å². The molecule has 0 saturated carbocycles. The fourth-order valence-corrected chi connectivity index (χ4v) is 0.799. The summed E-state index contributed by atoms with van der Waals surface area (Å²) in [4.78, 5) is 0. The van der Waals surface area contributed by atoms with Gasteiger partial charge in [0.15, 0.2) is 5.75 Å². The van der Waals surface area contributed by atoms with Crippen LogP contribution < -0.4 is 4.74 Å². The van der Waals surface area contributed by atoms with Crippen LogP contribution in [0.2, 0.25) is 0 Å². The van der Waals surface area contributed by atoms with Crippen molar-refractivity contribution < 1.29 is 9.84 Å². The zero-order chi connectivity index (χ0) is 8.97. The number of alkyl halides is 1. The van der Waals surface area contributed by atoms with Crippen LogP contribution in [-0.4, -0.2) is 33.5 Å². The third kappa shape index (κ3) is 2.71. The van der Waals surface area contributed by atoms with Crippen molar-refractivity contribution in [2.75, 3.05) is 12.5 Å². The first-order chi connectivity index (χ1) is 5.72. The van der Waals surface area contributed by atoms with Gasteiger partial charge < -0.3 is 9.84 Å². The van der Waals surface area contributed by atoms with Crippen molar-refractivity contribution in [1.82, 2.24) is 9.78 Å². The van der Waals surface area contributed by atoms with E-state index in [9.17, 15) is 0 Å². The molecule has 1 rings (SSSR count). The van der Waals surface area contributed by atoms with Crippen LogP contribution in [0.15, 0.2) is 12.4 Å². The molecule has 1 N–H and O–H groups in total. The molecule has 0 aliphatic heterocycles. The molecule has 0 bridgehead atoms. The monoisotopic (exact) mass is 190 g/mol. The quantitative estimate of drug-likeness (QED) is 0.700. The van der Waals surface area contributed by atoms with Crippen LogP contribution in [0, 0.1) is 0 Å². The summed E-state index contributed by atoms with van der Waals surface area (Å²) in [7, 11) is 1.80. The number of rotatable bonds is 4. The van der Waals surface area contributed by atoms with E-state index in [1.54, 1.807) is 24.1 Å². The summed E-state index contributed by atoms with van der Waals surface area (Å²) >= 11 is 5.37. The average Bonchev–Trinajstić information content (AvgIpc) is 2.47. The van der Waals surface area contributed by atoms with E-state index in [0.29, 0.717) is 5.75 Å². The Labute approximate surface area is 75.7 Å². The van der Waals surface area contributed by atoms with Gasteiger partial charge in [-0.05, 0) is 0 Å². The molecular weight excluding hydrogens is 180 g/mol. The van der Waals surface area contributed by atoms with Gasteiger partial charge in [0.1, 0.15) is 12.7 Å². The van der Waals surface area contributed by atoms with Gasteiger partial charge >= 0.3 is 0 Å². The Balaban J connectivity index is 2.33. The zero-order valence-corrected chi connectivity index (χ0v) is 7.53. The topological polar surface area (TPSA) is 47.3 Å². The summed E-state index contributed by atoms with van der Waals surface area (Å²) in [6.07, 6.45) is 2.69. The SMILES string of the molecule is Cn1cc(OCC(O)CCl)cn1. The summed E-state index contributed by atoms with van der Waals surface area (Å²) in [5.74, 6) is 0.821. The summed E-state index contributed by atoms with van der Waals surface area (Å²) < 4.78 is 6.79. The van der Waals surface area contributed by atoms with Crippen molar-refractivity contribution in [3.63, 3.8) is 0 Å². The lowest BCUT2D eigenvalue weighted by Crippen LogP contribution is -2.18. The smallest absolute Gasteiger partial charge is 0.157 e. The first-order valence-corrected chi connectivity index (χ1v) is 4.11. The third-order valence-electron chi connectivity index (χ3n) is 1.30. The number of hydrogen-bond acceptors (Lipinski definition) is 3. The predicted octanol–water partition coefficient (Wildman–Crippen LogP) is 0.399. The molecule has 68 valence electrons. The van der Waals surface area contributed by atoms with Gasteiger partial charge in [-0.2, -0.15) is 5.10 Å².